The Balaban J connectivity index is 2.33. The van der Waals surface area contributed by atoms with Crippen LogP contribution in [0.4, 0.5) is 0 Å². The van der Waals surface area contributed by atoms with Crippen LogP contribution in [0.25, 0.3) is 0 Å². The Hall–Kier alpha value is -0.0500. The Kier molecular flexibility index (Phi) is 2.72. The first kappa shape index (κ1) is 8.05. The quantitative estimate of drug-likeness (QED) is 0.484. The predicted octanol–water partition coefficient (Wildman–Crippen LogP) is 1.87. The van der Waals surface area contributed by atoms with E-state index in [1.807, 2.05) is 0 Å². The van der Waals surface area contributed by atoms with Crippen LogP contribution in [0.3, 0.4) is 0 Å². The maximum atomic E-state index is 10.5. The van der Waals surface area contributed by atoms with Gasteiger partial charge in [-0.05, 0) is 19.3 Å². The summed E-state index contributed by atoms with van der Waals surface area (Å²) in [5.41, 5.74) is 0. The molecule has 0 aromatic carbocycles. The number of halogens is 1. The molecule has 0 N–H and O–H groups in total. The maximum absolute atomic E-state index is 10.5. The van der Waals surface area contributed by atoms with Gasteiger partial charge in [0.15, 0.2) is 0 Å². The fraction of sp³-hybridized carbons (Fsp3) is 0.857. The molecule has 0 aromatic rings. The lowest BCUT2D eigenvalue weighted by Gasteiger charge is -2.12. The van der Waals surface area contributed by atoms with Crippen LogP contribution < -0.4 is 0 Å². The molecule has 0 aromatic heterocycles. The molecular weight excluding hydrogens is 196 g/mol. The van der Waals surface area contributed by atoms with Crippen LogP contribution in [-0.2, 0) is 9.53 Å². The number of ether oxygens (including phenoxy) is 1. The Labute approximate surface area is 69.1 Å². The van der Waals surface area contributed by atoms with E-state index in [1.165, 1.54) is 6.92 Å². The summed E-state index contributed by atoms with van der Waals surface area (Å²) < 4.78 is 5.04. The van der Waals surface area contributed by atoms with Crippen molar-refractivity contribution in [1.29, 1.82) is 0 Å². The van der Waals surface area contributed by atoms with E-state index >= 15 is 0 Å². The fourth-order valence-electron chi connectivity index (χ4n) is 1.23. The van der Waals surface area contributed by atoms with Crippen molar-refractivity contribution in [3.8, 4) is 0 Å². The van der Waals surface area contributed by atoms with Crippen molar-refractivity contribution >= 4 is 21.9 Å². The molecule has 2 nitrogen and oxygen atoms in total. The van der Waals surface area contributed by atoms with Crippen LogP contribution in [-0.4, -0.2) is 16.9 Å². The second kappa shape index (κ2) is 3.37. The highest BCUT2D eigenvalue weighted by Gasteiger charge is 2.26. The van der Waals surface area contributed by atoms with E-state index in [0.717, 1.165) is 19.3 Å². The lowest BCUT2D eigenvalue weighted by Crippen LogP contribution is -2.20. The molecule has 0 heterocycles. The normalized spacial score (nSPS) is 32.2. The van der Waals surface area contributed by atoms with Gasteiger partial charge in [-0.25, -0.2) is 0 Å². The molecule has 1 fully saturated rings. The van der Waals surface area contributed by atoms with Crippen molar-refractivity contribution < 1.29 is 9.53 Å². The predicted molar refractivity (Wildman–Crippen MR) is 42.1 cm³/mol. The van der Waals surface area contributed by atoms with Crippen molar-refractivity contribution in [2.45, 2.75) is 37.1 Å². The lowest BCUT2D eigenvalue weighted by atomic mass is 10.3. The van der Waals surface area contributed by atoms with Gasteiger partial charge in [0.2, 0.25) is 0 Å². The summed E-state index contributed by atoms with van der Waals surface area (Å²) in [5.74, 6) is -0.170. The Bertz CT molecular complexity index is 136. The van der Waals surface area contributed by atoms with Crippen LogP contribution in [0.15, 0.2) is 0 Å². The van der Waals surface area contributed by atoms with Crippen LogP contribution in [0.2, 0.25) is 0 Å². The number of esters is 1. The van der Waals surface area contributed by atoms with E-state index in [1.54, 1.807) is 0 Å². The van der Waals surface area contributed by atoms with Gasteiger partial charge in [0.25, 0.3) is 0 Å². The van der Waals surface area contributed by atoms with E-state index in [9.17, 15) is 4.79 Å². The minimum absolute atomic E-state index is 0.123. The summed E-state index contributed by atoms with van der Waals surface area (Å²) in [6, 6.07) is 0. The molecule has 0 spiro atoms. The second-order valence-corrected chi connectivity index (χ2v) is 3.77. The van der Waals surface area contributed by atoms with Gasteiger partial charge in [-0.2, -0.15) is 0 Å². The number of alkyl halides is 1. The maximum Gasteiger partial charge on any atom is 0.302 e. The summed E-state index contributed by atoms with van der Waals surface area (Å²) >= 11 is 3.46. The molecule has 3 heteroatoms. The van der Waals surface area contributed by atoms with Crippen LogP contribution in [0.1, 0.15) is 26.2 Å². The molecule has 1 rings (SSSR count). The molecule has 10 heavy (non-hydrogen) atoms. The van der Waals surface area contributed by atoms with Gasteiger partial charge in [0.05, 0.1) is 4.83 Å². The highest BCUT2D eigenvalue weighted by Crippen LogP contribution is 2.27. The third kappa shape index (κ3) is 1.97. The zero-order valence-corrected chi connectivity index (χ0v) is 7.56. The zero-order valence-electron chi connectivity index (χ0n) is 5.97. The Morgan fingerprint density at radius 1 is 1.60 bits per heavy atom. The number of rotatable bonds is 1. The SMILES string of the molecule is CC(=O)OC1CCCC1Br. The van der Waals surface area contributed by atoms with E-state index < -0.39 is 0 Å². The standard InChI is InChI=1S/C7H11BrO2/c1-5(9)10-7-4-2-3-6(7)8/h6-7H,2-4H2,1H3. The van der Waals surface area contributed by atoms with Gasteiger partial charge >= 0.3 is 5.97 Å². The molecule has 0 amide bonds. The molecular formula is C7H11BrO2. The van der Waals surface area contributed by atoms with Gasteiger partial charge in [0, 0.05) is 6.92 Å². The lowest BCUT2D eigenvalue weighted by molar-refractivity contribution is -0.145. The topological polar surface area (TPSA) is 26.3 Å². The summed E-state index contributed by atoms with van der Waals surface area (Å²) in [6.45, 7) is 1.46. The largest absolute Gasteiger partial charge is 0.461 e. The van der Waals surface area contributed by atoms with Gasteiger partial charge in [-0.3, -0.25) is 4.79 Å². The van der Waals surface area contributed by atoms with E-state index in [-0.39, 0.29) is 12.1 Å². The minimum atomic E-state index is -0.170. The molecule has 0 bridgehead atoms. The van der Waals surface area contributed by atoms with Crippen molar-refractivity contribution in [3.63, 3.8) is 0 Å². The van der Waals surface area contributed by atoms with Crippen molar-refractivity contribution in [2.75, 3.05) is 0 Å². The summed E-state index contributed by atoms with van der Waals surface area (Å²) in [7, 11) is 0. The molecule has 1 saturated carbocycles. The number of carbonyl (C=O) groups excluding carboxylic acids is 1. The van der Waals surface area contributed by atoms with E-state index in [4.69, 9.17) is 4.74 Å². The van der Waals surface area contributed by atoms with Crippen LogP contribution in [0.5, 0.6) is 0 Å². The van der Waals surface area contributed by atoms with Crippen LogP contribution in [0, 0.1) is 0 Å². The van der Waals surface area contributed by atoms with Gasteiger partial charge in [0.1, 0.15) is 6.10 Å². The minimum Gasteiger partial charge on any atom is -0.461 e. The second-order valence-electron chi connectivity index (χ2n) is 2.59. The monoisotopic (exact) mass is 206 g/mol. The Morgan fingerprint density at radius 2 is 2.30 bits per heavy atom. The highest BCUT2D eigenvalue weighted by molar-refractivity contribution is 9.09. The number of hydrogen-bond acceptors (Lipinski definition) is 2. The molecule has 2 unspecified atom stereocenters. The number of hydrogen-bond donors (Lipinski definition) is 0. The first-order chi connectivity index (χ1) is 4.70. The van der Waals surface area contributed by atoms with Crippen molar-refractivity contribution in [1.82, 2.24) is 0 Å². The van der Waals surface area contributed by atoms with Gasteiger partial charge in [-0.15, -0.1) is 0 Å². The molecule has 0 saturated heterocycles. The number of carbonyl (C=O) groups is 1. The summed E-state index contributed by atoms with van der Waals surface area (Å²) in [5, 5.41) is 0. The summed E-state index contributed by atoms with van der Waals surface area (Å²) in [6.07, 6.45) is 3.42. The smallest absolute Gasteiger partial charge is 0.302 e. The Morgan fingerprint density at radius 3 is 2.70 bits per heavy atom. The molecule has 0 radical (unpaired) electrons. The average Bonchev–Trinajstić information content (AvgIpc) is 2.15. The zero-order chi connectivity index (χ0) is 7.56. The third-order valence-corrected chi connectivity index (χ3v) is 2.74. The van der Waals surface area contributed by atoms with Crippen LogP contribution >= 0.6 is 15.9 Å². The molecule has 0 aliphatic heterocycles. The molecule has 1 aliphatic rings. The highest BCUT2D eigenvalue weighted by atomic mass is 79.9. The van der Waals surface area contributed by atoms with E-state index in [2.05, 4.69) is 15.9 Å². The third-order valence-electron chi connectivity index (χ3n) is 1.69. The van der Waals surface area contributed by atoms with Crippen molar-refractivity contribution in [2.24, 2.45) is 0 Å². The summed E-state index contributed by atoms with van der Waals surface area (Å²) in [4.78, 5) is 10.9. The fourth-order valence-corrected chi connectivity index (χ4v) is 1.92. The first-order valence-electron chi connectivity index (χ1n) is 3.51. The first-order valence-corrected chi connectivity index (χ1v) is 4.43. The molecule has 1 aliphatic carbocycles. The average molecular weight is 207 g/mol. The van der Waals surface area contributed by atoms with E-state index in [0.29, 0.717) is 4.83 Å². The molecule has 2 atom stereocenters. The van der Waals surface area contributed by atoms with Gasteiger partial charge in [-0.1, -0.05) is 15.9 Å². The van der Waals surface area contributed by atoms with Crippen molar-refractivity contribution in [3.05, 3.63) is 0 Å². The molecule has 58 valence electrons. The van der Waals surface area contributed by atoms with Gasteiger partial charge < -0.3 is 4.74 Å².